The number of fused-ring (bicyclic) bond motifs is 1. The maximum absolute atomic E-state index is 11.7. The molecule has 112 valence electrons. The molecule has 2 aromatic rings. The lowest BCUT2D eigenvalue weighted by atomic mass is 9.84. The molecule has 0 radical (unpaired) electrons. The van der Waals surface area contributed by atoms with E-state index in [1.54, 1.807) is 13.0 Å². The summed E-state index contributed by atoms with van der Waals surface area (Å²) in [4.78, 5) is 11.7. The third-order valence-corrected chi connectivity index (χ3v) is 4.75. The third kappa shape index (κ3) is 2.59. The van der Waals surface area contributed by atoms with Gasteiger partial charge in [-0.1, -0.05) is 44.0 Å². The molecule has 0 spiro atoms. The molecule has 3 rings (SSSR count). The van der Waals surface area contributed by atoms with Gasteiger partial charge in [0, 0.05) is 14.5 Å². The Bertz CT molecular complexity index is 781. The summed E-state index contributed by atoms with van der Waals surface area (Å²) in [5, 5.41) is 9.62. The minimum absolute atomic E-state index is 0.209. The molecule has 0 fully saturated rings. The van der Waals surface area contributed by atoms with E-state index in [9.17, 15) is 9.90 Å². The van der Waals surface area contributed by atoms with Gasteiger partial charge in [-0.25, -0.2) is 4.79 Å². The quantitative estimate of drug-likeness (QED) is 0.740. The zero-order chi connectivity index (χ0) is 15.9. The summed E-state index contributed by atoms with van der Waals surface area (Å²) < 4.78 is 7.90. The van der Waals surface area contributed by atoms with Crippen molar-refractivity contribution in [3.63, 3.8) is 0 Å². The summed E-state index contributed by atoms with van der Waals surface area (Å²) in [6, 6.07) is 13.0. The minimum atomic E-state index is -1.03. The fraction of sp³-hybridized carbons (Fsp3) is 0.118. The van der Waals surface area contributed by atoms with Gasteiger partial charge in [-0.05, 0) is 48.9 Å². The van der Waals surface area contributed by atoms with Crippen molar-refractivity contribution in [2.75, 3.05) is 0 Å². The van der Waals surface area contributed by atoms with E-state index in [-0.39, 0.29) is 5.57 Å². The first kappa shape index (κ1) is 15.3. The van der Waals surface area contributed by atoms with E-state index in [0.717, 1.165) is 20.1 Å². The number of ether oxygens (including phenoxy) is 1. The van der Waals surface area contributed by atoms with Crippen molar-refractivity contribution >= 4 is 43.9 Å². The molecule has 1 atom stereocenters. The van der Waals surface area contributed by atoms with Gasteiger partial charge in [0.1, 0.15) is 5.75 Å². The van der Waals surface area contributed by atoms with Gasteiger partial charge in [-0.2, -0.15) is 0 Å². The van der Waals surface area contributed by atoms with Crippen LogP contribution in [0.4, 0.5) is 0 Å². The van der Waals surface area contributed by atoms with Gasteiger partial charge in [0.05, 0.1) is 5.57 Å². The monoisotopic (exact) mass is 422 g/mol. The highest BCUT2D eigenvalue weighted by atomic mass is 79.9. The van der Waals surface area contributed by atoms with Crippen LogP contribution in [0.5, 0.6) is 5.75 Å². The molecule has 3 nitrogen and oxygen atoms in total. The smallest absolute Gasteiger partial charge is 0.336 e. The van der Waals surface area contributed by atoms with E-state index < -0.39 is 11.6 Å². The maximum Gasteiger partial charge on any atom is 0.336 e. The second-order valence-corrected chi connectivity index (χ2v) is 7.02. The second-order valence-electron chi connectivity index (χ2n) is 5.19. The van der Waals surface area contributed by atoms with E-state index in [1.165, 1.54) is 0 Å². The number of carbonyl (C=O) groups is 1. The number of halogens is 2. The molecule has 1 unspecified atom stereocenters. The predicted octanol–water partition coefficient (Wildman–Crippen LogP) is 4.99. The van der Waals surface area contributed by atoms with E-state index >= 15 is 0 Å². The van der Waals surface area contributed by atoms with Crippen LogP contribution in [0, 0.1) is 0 Å². The summed E-state index contributed by atoms with van der Waals surface area (Å²) in [6.07, 6.45) is 1.67. The third-order valence-electron chi connectivity index (χ3n) is 3.73. The number of hydrogen-bond acceptors (Lipinski definition) is 2. The summed E-state index contributed by atoms with van der Waals surface area (Å²) in [6.45, 7) is 1.78. The van der Waals surface area contributed by atoms with Crippen LogP contribution in [0.15, 0.2) is 57.0 Å². The Morgan fingerprint density at radius 2 is 1.73 bits per heavy atom. The SMILES string of the molecule is CC1(c2ccc(Br)cc2)Oc2ccc(Br)cc2C=C1C(=O)O. The fourth-order valence-electron chi connectivity index (χ4n) is 2.54. The maximum atomic E-state index is 11.7. The highest BCUT2D eigenvalue weighted by molar-refractivity contribution is 9.10. The normalized spacial score (nSPS) is 19.9. The lowest BCUT2D eigenvalue weighted by molar-refractivity contribution is -0.134. The summed E-state index contributed by atoms with van der Waals surface area (Å²) >= 11 is 6.78. The molecule has 0 aliphatic carbocycles. The Morgan fingerprint density at radius 1 is 1.09 bits per heavy atom. The van der Waals surface area contributed by atoms with Gasteiger partial charge in [-0.3, -0.25) is 0 Å². The first-order valence-electron chi connectivity index (χ1n) is 6.60. The number of carboxylic acids is 1. The standard InChI is InChI=1S/C17H12Br2O3/c1-17(11-2-4-12(18)5-3-11)14(16(20)21)9-10-8-13(19)6-7-15(10)22-17/h2-9H,1H3,(H,20,21). The molecular formula is C17H12Br2O3. The van der Waals surface area contributed by atoms with Gasteiger partial charge in [0.25, 0.3) is 0 Å². The largest absolute Gasteiger partial charge is 0.478 e. The van der Waals surface area contributed by atoms with Crippen molar-refractivity contribution in [1.82, 2.24) is 0 Å². The Hall–Kier alpha value is -1.59. The molecule has 1 aliphatic heterocycles. The van der Waals surface area contributed by atoms with Crippen molar-refractivity contribution < 1.29 is 14.6 Å². The molecule has 5 heteroatoms. The van der Waals surface area contributed by atoms with Crippen LogP contribution in [0.2, 0.25) is 0 Å². The van der Waals surface area contributed by atoms with Gasteiger partial charge in [-0.15, -0.1) is 0 Å². The number of rotatable bonds is 2. The Balaban J connectivity index is 2.18. The summed E-state index contributed by atoms with van der Waals surface area (Å²) in [5.74, 6) is -0.324. The van der Waals surface area contributed by atoms with Crippen molar-refractivity contribution in [1.29, 1.82) is 0 Å². The van der Waals surface area contributed by atoms with Gasteiger partial charge in [0.15, 0.2) is 5.60 Å². The van der Waals surface area contributed by atoms with E-state index in [1.807, 2.05) is 42.5 Å². The minimum Gasteiger partial charge on any atom is -0.478 e. The zero-order valence-corrected chi connectivity index (χ0v) is 14.8. The Labute approximate surface area is 144 Å². The van der Waals surface area contributed by atoms with Crippen molar-refractivity contribution in [3.05, 3.63) is 68.1 Å². The zero-order valence-electron chi connectivity index (χ0n) is 11.6. The van der Waals surface area contributed by atoms with Crippen molar-refractivity contribution in [3.8, 4) is 5.75 Å². The van der Waals surface area contributed by atoms with Crippen LogP contribution in [-0.4, -0.2) is 11.1 Å². The topological polar surface area (TPSA) is 46.5 Å². The van der Waals surface area contributed by atoms with Crippen LogP contribution < -0.4 is 4.74 Å². The van der Waals surface area contributed by atoms with Crippen LogP contribution in [0.25, 0.3) is 6.08 Å². The fourth-order valence-corrected chi connectivity index (χ4v) is 3.18. The molecule has 0 saturated heterocycles. The predicted molar refractivity (Wildman–Crippen MR) is 91.9 cm³/mol. The molecule has 0 amide bonds. The van der Waals surface area contributed by atoms with E-state index in [2.05, 4.69) is 31.9 Å². The molecule has 1 aliphatic rings. The van der Waals surface area contributed by atoms with E-state index in [4.69, 9.17) is 4.74 Å². The lowest BCUT2D eigenvalue weighted by Gasteiger charge is -2.35. The first-order chi connectivity index (χ1) is 10.4. The van der Waals surface area contributed by atoms with Crippen LogP contribution in [-0.2, 0) is 10.4 Å². The first-order valence-corrected chi connectivity index (χ1v) is 8.19. The summed E-state index contributed by atoms with van der Waals surface area (Å²) in [7, 11) is 0. The van der Waals surface area contributed by atoms with Gasteiger partial charge < -0.3 is 9.84 Å². The highest BCUT2D eigenvalue weighted by Gasteiger charge is 2.40. The van der Waals surface area contributed by atoms with Gasteiger partial charge >= 0.3 is 5.97 Å². The number of carboxylic acid groups (broad SMARTS) is 1. The lowest BCUT2D eigenvalue weighted by Crippen LogP contribution is -2.37. The van der Waals surface area contributed by atoms with Crippen molar-refractivity contribution in [2.24, 2.45) is 0 Å². The van der Waals surface area contributed by atoms with Gasteiger partial charge in [0.2, 0.25) is 0 Å². The van der Waals surface area contributed by atoms with E-state index in [0.29, 0.717) is 5.75 Å². The average Bonchev–Trinajstić information content (AvgIpc) is 2.47. The van der Waals surface area contributed by atoms with Crippen molar-refractivity contribution in [2.45, 2.75) is 12.5 Å². The molecule has 0 aromatic heterocycles. The number of hydrogen-bond donors (Lipinski definition) is 1. The Kier molecular flexibility index (Phi) is 3.87. The number of benzene rings is 2. The molecule has 0 bridgehead atoms. The van der Waals surface area contributed by atoms with Crippen LogP contribution >= 0.6 is 31.9 Å². The molecule has 0 saturated carbocycles. The molecule has 22 heavy (non-hydrogen) atoms. The molecule has 1 N–H and O–H groups in total. The number of aliphatic carboxylic acids is 1. The van der Waals surface area contributed by atoms with Crippen LogP contribution in [0.1, 0.15) is 18.1 Å². The second kappa shape index (κ2) is 5.56. The highest BCUT2D eigenvalue weighted by Crippen LogP contribution is 2.42. The average molecular weight is 424 g/mol. The molecule has 2 aromatic carbocycles. The molecular weight excluding hydrogens is 412 g/mol. The Morgan fingerprint density at radius 3 is 2.36 bits per heavy atom. The molecule has 1 heterocycles. The van der Waals surface area contributed by atoms with Crippen LogP contribution in [0.3, 0.4) is 0 Å². The summed E-state index contributed by atoms with van der Waals surface area (Å²) in [5.41, 5.74) is 0.715.